The van der Waals surface area contributed by atoms with Gasteiger partial charge in [0.1, 0.15) is 11.2 Å². The van der Waals surface area contributed by atoms with E-state index >= 15 is 0 Å². The first kappa shape index (κ1) is 22.5. The molecule has 1 amide bonds. The highest BCUT2D eigenvalue weighted by Crippen LogP contribution is 2.28. The third kappa shape index (κ3) is 7.31. The molecule has 3 N–H and O–H groups in total. The van der Waals surface area contributed by atoms with E-state index in [-0.39, 0.29) is 18.7 Å². The Kier molecular flexibility index (Phi) is 7.71. The molecule has 1 aromatic rings. The van der Waals surface area contributed by atoms with Crippen molar-refractivity contribution in [1.82, 2.24) is 15.5 Å². The predicted molar refractivity (Wildman–Crippen MR) is 114 cm³/mol. The van der Waals surface area contributed by atoms with Crippen molar-refractivity contribution in [2.24, 2.45) is 4.99 Å². The largest absolute Gasteiger partial charge is 0.444 e. The van der Waals surface area contributed by atoms with E-state index in [1.807, 2.05) is 45.2 Å². The van der Waals surface area contributed by atoms with Crippen LogP contribution >= 0.6 is 11.3 Å². The second kappa shape index (κ2) is 9.60. The van der Waals surface area contributed by atoms with Gasteiger partial charge in [-0.15, -0.1) is 11.3 Å². The lowest BCUT2D eigenvalue weighted by molar-refractivity contribution is 0.0238. The lowest BCUT2D eigenvalue weighted by Gasteiger charge is -2.27. The molecule has 1 aliphatic rings. The number of aliphatic hydroxyl groups is 1. The molecule has 2 rings (SSSR count). The fraction of sp³-hybridized carbons (Fsp3) is 0.700. The highest BCUT2D eigenvalue weighted by Gasteiger charge is 2.34. The Balaban J connectivity index is 1.90. The maximum atomic E-state index is 12.4. The molecule has 0 aromatic carbocycles. The van der Waals surface area contributed by atoms with E-state index in [4.69, 9.17) is 4.74 Å². The second-order valence-corrected chi connectivity index (χ2v) is 9.23. The number of amides is 1. The quantitative estimate of drug-likeness (QED) is 0.453. The van der Waals surface area contributed by atoms with E-state index in [9.17, 15) is 9.90 Å². The highest BCUT2D eigenvalue weighted by atomic mass is 32.1. The van der Waals surface area contributed by atoms with Crippen LogP contribution in [0.15, 0.2) is 22.5 Å². The van der Waals surface area contributed by atoms with Crippen LogP contribution in [0.1, 0.15) is 52.3 Å². The number of guanidine groups is 1. The standard InChI is InChI=1S/C20H34N4O3S/c1-6-21-17(23-14-20(5,26)16-8-7-13-28-16)22-11-12-24(15-9-10-15)18(25)27-19(2,3)4/h7-8,13,15,26H,6,9-12,14H2,1-5H3,(H2,21,22,23). The molecule has 158 valence electrons. The summed E-state index contributed by atoms with van der Waals surface area (Å²) >= 11 is 1.52. The van der Waals surface area contributed by atoms with Crippen molar-refractivity contribution in [3.05, 3.63) is 22.4 Å². The fourth-order valence-electron chi connectivity index (χ4n) is 2.66. The van der Waals surface area contributed by atoms with Gasteiger partial charge in [0.25, 0.3) is 0 Å². The first-order chi connectivity index (χ1) is 13.1. The van der Waals surface area contributed by atoms with Gasteiger partial charge in [-0.25, -0.2) is 9.79 Å². The number of aliphatic imine (C=N–C) groups is 1. The van der Waals surface area contributed by atoms with Gasteiger partial charge in [-0.2, -0.15) is 0 Å². The first-order valence-electron chi connectivity index (χ1n) is 9.90. The van der Waals surface area contributed by atoms with Crippen molar-refractivity contribution in [2.45, 2.75) is 64.7 Å². The van der Waals surface area contributed by atoms with Crippen LogP contribution in [0.4, 0.5) is 4.79 Å². The van der Waals surface area contributed by atoms with Gasteiger partial charge in [-0.3, -0.25) is 0 Å². The van der Waals surface area contributed by atoms with Crippen molar-refractivity contribution in [3.63, 3.8) is 0 Å². The molecule has 1 unspecified atom stereocenters. The molecule has 1 fully saturated rings. The topological polar surface area (TPSA) is 86.2 Å². The smallest absolute Gasteiger partial charge is 0.410 e. The summed E-state index contributed by atoms with van der Waals surface area (Å²) in [7, 11) is 0. The molecule has 0 aliphatic heterocycles. The summed E-state index contributed by atoms with van der Waals surface area (Å²) in [5.74, 6) is 0.624. The number of carbonyl (C=O) groups is 1. The van der Waals surface area contributed by atoms with Gasteiger partial charge in [0.05, 0.1) is 6.54 Å². The van der Waals surface area contributed by atoms with Crippen molar-refractivity contribution < 1.29 is 14.6 Å². The summed E-state index contributed by atoms with van der Waals surface area (Å²) in [6, 6.07) is 4.11. The van der Waals surface area contributed by atoms with Crippen LogP contribution in [0, 0.1) is 0 Å². The summed E-state index contributed by atoms with van der Waals surface area (Å²) in [4.78, 5) is 19.6. The molecular formula is C20H34N4O3S. The van der Waals surface area contributed by atoms with Crippen molar-refractivity contribution in [3.8, 4) is 0 Å². The Morgan fingerprint density at radius 3 is 2.61 bits per heavy atom. The maximum absolute atomic E-state index is 12.4. The van der Waals surface area contributed by atoms with E-state index in [0.29, 0.717) is 25.6 Å². The molecule has 0 radical (unpaired) electrons. The van der Waals surface area contributed by atoms with Crippen LogP contribution in [-0.2, 0) is 10.3 Å². The Morgan fingerprint density at radius 2 is 2.07 bits per heavy atom. The third-order valence-electron chi connectivity index (χ3n) is 4.20. The van der Waals surface area contributed by atoms with Crippen molar-refractivity contribution in [1.29, 1.82) is 0 Å². The summed E-state index contributed by atoms with van der Waals surface area (Å²) in [6.07, 6.45) is 1.79. The van der Waals surface area contributed by atoms with Gasteiger partial charge in [-0.05, 0) is 58.9 Å². The molecule has 1 aliphatic carbocycles. The second-order valence-electron chi connectivity index (χ2n) is 8.28. The van der Waals surface area contributed by atoms with E-state index in [2.05, 4.69) is 15.6 Å². The van der Waals surface area contributed by atoms with E-state index in [1.54, 1.807) is 11.8 Å². The van der Waals surface area contributed by atoms with Crippen LogP contribution in [0.2, 0.25) is 0 Å². The summed E-state index contributed by atoms with van der Waals surface area (Å²) in [6.45, 7) is 11.5. The van der Waals surface area contributed by atoms with Crippen LogP contribution in [-0.4, -0.2) is 59.9 Å². The van der Waals surface area contributed by atoms with Crippen LogP contribution in [0.5, 0.6) is 0 Å². The molecule has 1 atom stereocenters. The molecule has 8 heteroatoms. The van der Waals surface area contributed by atoms with Crippen molar-refractivity contribution >= 4 is 23.4 Å². The Labute approximate surface area is 172 Å². The number of carbonyl (C=O) groups excluding carboxylic acids is 1. The number of ether oxygens (including phenoxy) is 1. The number of nitrogens with one attached hydrogen (secondary N) is 2. The van der Waals surface area contributed by atoms with E-state index in [1.165, 1.54) is 11.3 Å². The molecule has 1 saturated carbocycles. The van der Waals surface area contributed by atoms with Gasteiger partial charge in [0.2, 0.25) is 0 Å². The normalized spacial score (nSPS) is 17.0. The van der Waals surface area contributed by atoms with Gasteiger partial charge in [0.15, 0.2) is 5.96 Å². The molecule has 0 spiro atoms. The monoisotopic (exact) mass is 410 g/mol. The summed E-state index contributed by atoms with van der Waals surface area (Å²) in [5, 5.41) is 19.0. The SMILES string of the molecule is CCNC(=NCC(C)(O)c1cccs1)NCCN(C(=O)OC(C)(C)C)C1CC1. The molecule has 28 heavy (non-hydrogen) atoms. The van der Waals surface area contributed by atoms with Gasteiger partial charge in [0, 0.05) is 30.6 Å². The average molecular weight is 411 g/mol. The van der Waals surface area contributed by atoms with Gasteiger partial charge >= 0.3 is 6.09 Å². The zero-order valence-electron chi connectivity index (χ0n) is 17.6. The predicted octanol–water partition coefficient (Wildman–Crippen LogP) is 2.91. The number of rotatable bonds is 8. The van der Waals surface area contributed by atoms with Gasteiger partial charge < -0.3 is 25.4 Å². The maximum Gasteiger partial charge on any atom is 0.410 e. The van der Waals surface area contributed by atoms with Crippen LogP contribution in [0.25, 0.3) is 0 Å². The minimum atomic E-state index is -1.01. The molecule has 7 nitrogen and oxygen atoms in total. The number of thiophene rings is 1. The molecule has 1 aromatic heterocycles. The lowest BCUT2D eigenvalue weighted by Crippen LogP contribution is -2.45. The Hall–Kier alpha value is -1.80. The number of hydrogen-bond acceptors (Lipinski definition) is 5. The third-order valence-corrected chi connectivity index (χ3v) is 5.33. The molecule has 0 bridgehead atoms. The zero-order chi connectivity index (χ0) is 20.8. The van der Waals surface area contributed by atoms with Gasteiger partial charge in [-0.1, -0.05) is 6.07 Å². The number of hydrogen-bond donors (Lipinski definition) is 3. The lowest BCUT2D eigenvalue weighted by atomic mass is 10.1. The first-order valence-corrected chi connectivity index (χ1v) is 10.8. The van der Waals surface area contributed by atoms with E-state index < -0.39 is 11.2 Å². The van der Waals surface area contributed by atoms with E-state index in [0.717, 1.165) is 17.7 Å². The molecular weight excluding hydrogens is 376 g/mol. The van der Waals surface area contributed by atoms with Crippen molar-refractivity contribution in [2.75, 3.05) is 26.2 Å². The Morgan fingerprint density at radius 1 is 1.36 bits per heavy atom. The Bertz CT molecular complexity index is 649. The average Bonchev–Trinajstić information content (AvgIpc) is 3.25. The summed E-state index contributed by atoms with van der Waals surface area (Å²) in [5.41, 5.74) is -1.51. The minimum absolute atomic E-state index is 0.251. The molecule has 0 saturated heterocycles. The summed E-state index contributed by atoms with van der Waals surface area (Å²) < 4.78 is 5.52. The number of nitrogens with zero attached hydrogens (tertiary/aromatic N) is 2. The zero-order valence-corrected chi connectivity index (χ0v) is 18.4. The highest BCUT2D eigenvalue weighted by molar-refractivity contribution is 7.10. The van der Waals surface area contributed by atoms with Crippen LogP contribution < -0.4 is 10.6 Å². The fourth-order valence-corrected chi connectivity index (χ4v) is 3.44. The minimum Gasteiger partial charge on any atom is -0.444 e. The van der Waals surface area contributed by atoms with Crippen LogP contribution in [0.3, 0.4) is 0 Å². The molecule has 1 heterocycles.